The van der Waals surface area contributed by atoms with Crippen LogP contribution in [0.4, 0.5) is 13.2 Å². The summed E-state index contributed by atoms with van der Waals surface area (Å²) in [5.74, 6) is 0.121. The molecule has 3 nitrogen and oxygen atoms in total. The fourth-order valence-corrected chi connectivity index (χ4v) is 1.70. The highest BCUT2D eigenvalue weighted by atomic mass is 79.9. The van der Waals surface area contributed by atoms with E-state index < -0.39 is 6.36 Å². The Balaban J connectivity index is 2.73. The van der Waals surface area contributed by atoms with Crippen molar-refractivity contribution in [3.8, 4) is 11.5 Å². The normalized spacial score (nSPS) is 13.2. The summed E-state index contributed by atoms with van der Waals surface area (Å²) in [6.07, 6.45) is -4.91. The van der Waals surface area contributed by atoms with Gasteiger partial charge in [0.2, 0.25) is 0 Å². The van der Waals surface area contributed by atoms with Crippen LogP contribution in [0.2, 0.25) is 0 Å². The van der Waals surface area contributed by atoms with E-state index in [9.17, 15) is 13.2 Å². The first-order valence-corrected chi connectivity index (χ1v) is 5.82. The number of hydrogen-bond acceptors (Lipinski definition) is 3. The van der Waals surface area contributed by atoms with E-state index in [4.69, 9.17) is 9.47 Å². The second-order valence-electron chi connectivity index (χ2n) is 3.52. The quantitative estimate of drug-likeness (QED) is 0.823. The first-order valence-electron chi connectivity index (χ1n) is 5.02. The molecule has 1 aromatic carbocycles. The molecule has 18 heavy (non-hydrogen) atoms. The lowest BCUT2D eigenvalue weighted by atomic mass is 10.3. The van der Waals surface area contributed by atoms with Crippen molar-refractivity contribution < 1.29 is 27.4 Å². The van der Waals surface area contributed by atoms with Crippen molar-refractivity contribution in [3.05, 3.63) is 22.7 Å². The van der Waals surface area contributed by atoms with Gasteiger partial charge >= 0.3 is 6.36 Å². The topological polar surface area (TPSA) is 27.7 Å². The third-order valence-corrected chi connectivity index (χ3v) is 2.49. The Morgan fingerprint density at radius 3 is 2.50 bits per heavy atom. The Bertz CT molecular complexity index is 396. The van der Waals surface area contributed by atoms with Crippen LogP contribution >= 0.6 is 15.9 Å². The Hall–Kier alpha value is -0.950. The first kappa shape index (κ1) is 15.1. The zero-order valence-corrected chi connectivity index (χ0v) is 11.3. The number of methoxy groups -OCH3 is 1. The minimum atomic E-state index is -4.71. The lowest BCUT2D eigenvalue weighted by Gasteiger charge is -2.15. The number of alkyl halides is 3. The molecule has 1 rings (SSSR count). The summed E-state index contributed by atoms with van der Waals surface area (Å²) in [6, 6.07) is 4.00. The standard InChI is InChI=1S/C11H12BrF3O3/c1-7(6-16-2)17-8-3-4-10(9(12)5-8)18-11(13,14)15/h3-5,7H,6H2,1-2H3. The van der Waals surface area contributed by atoms with Gasteiger partial charge in [0, 0.05) is 7.11 Å². The van der Waals surface area contributed by atoms with Crippen LogP contribution in [0.3, 0.4) is 0 Å². The van der Waals surface area contributed by atoms with Crippen LogP contribution in [0, 0.1) is 0 Å². The minimum absolute atomic E-state index is 0.168. The van der Waals surface area contributed by atoms with Gasteiger partial charge in [-0.15, -0.1) is 13.2 Å². The van der Waals surface area contributed by atoms with Crippen molar-refractivity contribution in [2.45, 2.75) is 19.4 Å². The molecule has 0 radical (unpaired) electrons. The van der Waals surface area contributed by atoms with E-state index >= 15 is 0 Å². The van der Waals surface area contributed by atoms with Crippen molar-refractivity contribution in [1.29, 1.82) is 0 Å². The van der Waals surface area contributed by atoms with E-state index in [0.29, 0.717) is 12.4 Å². The lowest BCUT2D eigenvalue weighted by molar-refractivity contribution is -0.274. The van der Waals surface area contributed by atoms with Crippen LogP contribution in [0.15, 0.2) is 22.7 Å². The SMILES string of the molecule is COCC(C)Oc1ccc(OC(F)(F)F)c(Br)c1. The largest absolute Gasteiger partial charge is 0.573 e. The average molecular weight is 329 g/mol. The molecule has 0 saturated carbocycles. The number of ether oxygens (including phenoxy) is 3. The summed E-state index contributed by atoms with van der Waals surface area (Å²) < 4.78 is 50.4. The molecule has 0 aliphatic heterocycles. The second kappa shape index (κ2) is 6.29. The molecule has 1 atom stereocenters. The average Bonchev–Trinajstić information content (AvgIpc) is 2.21. The van der Waals surface area contributed by atoms with Crippen molar-refractivity contribution in [2.75, 3.05) is 13.7 Å². The van der Waals surface area contributed by atoms with E-state index in [2.05, 4.69) is 20.7 Å². The van der Waals surface area contributed by atoms with Gasteiger partial charge in [0.1, 0.15) is 17.6 Å². The third-order valence-electron chi connectivity index (χ3n) is 1.87. The van der Waals surface area contributed by atoms with E-state index in [-0.39, 0.29) is 16.3 Å². The van der Waals surface area contributed by atoms with Crippen molar-refractivity contribution >= 4 is 15.9 Å². The third kappa shape index (κ3) is 5.14. The van der Waals surface area contributed by atoms with Gasteiger partial charge in [0.15, 0.2) is 0 Å². The molecule has 0 heterocycles. The molecule has 0 aliphatic rings. The molecule has 0 spiro atoms. The fraction of sp³-hybridized carbons (Fsp3) is 0.455. The fourth-order valence-electron chi connectivity index (χ4n) is 1.26. The van der Waals surface area contributed by atoms with E-state index in [0.717, 1.165) is 0 Å². The summed E-state index contributed by atoms with van der Waals surface area (Å²) in [6.45, 7) is 2.18. The Morgan fingerprint density at radius 2 is 2.00 bits per heavy atom. The molecule has 102 valence electrons. The van der Waals surface area contributed by atoms with E-state index in [1.54, 1.807) is 6.92 Å². The summed E-state index contributed by atoms with van der Waals surface area (Å²) in [5, 5.41) is 0. The number of halogens is 4. The summed E-state index contributed by atoms with van der Waals surface area (Å²) in [7, 11) is 1.54. The molecular weight excluding hydrogens is 317 g/mol. The van der Waals surface area contributed by atoms with Crippen LogP contribution in [0.1, 0.15) is 6.92 Å². The van der Waals surface area contributed by atoms with Crippen LogP contribution in [0.25, 0.3) is 0 Å². The molecule has 0 aromatic heterocycles. The van der Waals surface area contributed by atoms with E-state index in [1.165, 1.54) is 25.3 Å². The zero-order chi connectivity index (χ0) is 13.8. The molecule has 0 amide bonds. The monoisotopic (exact) mass is 328 g/mol. The maximum absolute atomic E-state index is 12.0. The van der Waals surface area contributed by atoms with Gasteiger partial charge in [-0.25, -0.2) is 0 Å². The number of rotatable bonds is 5. The molecule has 1 aromatic rings. The summed E-state index contributed by atoms with van der Waals surface area (Å²) >= 11 is 2.99. The molecule has 0 saturated heterocycles. The maximum atomic E-state index is 12.0. The predicted molar refractivity (Wildman–Crippen MR) is 62.8 cm³/mol. The van der Waals surface area contributed by atoms with Crippen LogP contribution in [0.5, 0.6) is 11.5 Å². The van der Waals surface area contributed by atoms with Gasteiger partial charge in [-0.05, 0) is 41.1 Å². The van der Waals surface area contributed by atoms with E-state index in [1.807, 2.05) is 0 Å². The van der Waals surface area contributed by atoms with Crippen molar-refractivity contribution in [3.63, 3.8) is 0 Å². The van der Waals surface area contributed by atoms with Gasteiger partial charge in [0.05, 0.1) is 11.1 Å². The van der Waals surface area contributed by atoms with Gasteiger partial charge < -0.3 is 14.2 Å². The molecule has 0 fully saturated rings. The van der Waals surface area contributed by atoms with Crippen LogP contribution in [-0.4, -0.2) is 26.2 Å². The van der Waals surface area contributed by atoms with Crippen LogP contribution < -0.4 is 9.47 Å². The maximum Gasteiger partial charge on any atom is 0.573 e. The highest BCUT2D eigenvalue weighted by Crippen LogP contribution is 2.33. The number of hydrogen-bond donors (Lipinski definition) is 0. The highest BCUT2D eigenvalue weighted by Gasteiger charge is 2.32. The number of benzene rings is 1. The molecule has 0 aliphatic carbocycles. The minimum Gasteiger partial charge on any atom is -0.488 e. The Morgan fingerprint density at radius 1 is 1.33 bits per heavy atom. The molecule has 0 bridgehead atoms. The van der Waals surface area contributed by atoms with Gasteiger partial charge in [-0.2, -0.15) is 0 Å². The first-order chi connectivity index (χ1) is 8.31. The molecule has 7 heteroatoms. The molecular formula is C11H12BrF3O3. The van der Waals surface area contributed by atoms with Crippen molar-refractivity contribution in [2.24, 2.45) is 0 Å². The van der Waals surface area contributed by atoms with Gasteiger partial charge in [-0.1, -0.05) is 0 Å². The van der Waals surface area contributed by atoms with Crippen molar-refractivity contribution in [1.82, 2.24) is 0 Å². The lowest BCUT2D eigenvalue weighted by Crippen LogP contribution is -2.19. The molecule has 0 N–H and O–H groups in total. The highest BCUT2D eigenvalue weighted by molar-refractivity contribution is 9.10. The Kier molecular flexibility index (Phi) is 5.28. The van der Waals surface area contributed by atoms with Gasteiger partial charge in [-0.3, -0.25) is 0 Å². The summed E-state index contributed by atoms with van der Waals surface area (Å²) in [5.41, 5.74) is 0. The second-order valence-corrected chi connectivity index (χ2v) is 4.38. The predicted octanol–water partition coefficient (Wildman–Crippen LogP) is 3.76. The van der Waals surface area contributed by atoms with Gasteiger partial charge in [0.25, 0.3) is 0 Å². The van der Waals surface area contributed by atoms with Crippen LogP contribution in [-0.2, 0) is 4.74 Å². The molecule has 1 unspecified atom stereocenters. The Labute approximate surface area is 111 Å². The zero-order valence-electron chi connectivity index (χ0n) is 9.75. The summed E-state index contributed by atoms with van der Waals surface area (Å²) in [4.78, 5) is 0. The smallest absolute Gasteiger partial charge is 0.488 e.